The number of rotatable bonds is 3. The Morgan fingerprint density at radius 3 is 2.22 bits per heavy atom. The summed E-state index contributed by atoms with van der Waals surface area (Å²) in [4.78, 5) is 2.33. The van der Waals surface area contributed by atoms with Crippen LogP contribution in [0, 0.1) is 5.41 Å². The van der Waals surface area contributed by atoms with Gasteiger partial charge in [0.15, 0.2) is 0 Å². The van der Waals surface area contributed by atoms with Gasteiger partial charge in [0.25, 0.3) is 0 Å². The molecule has 0 bridgehead atoms. The Kier molecular flexibility index (Phi) is 3.97. The fourth-order valence-electron chi connectivity index (χ4n) is 4.15. The molecule has 1 unspecified atom stereocenters. The van der Waals surface area contributed by atoms with E-state index in [-0.39, 0.29) is 5.41 Å². The molecular weight excluding hydrogens is 280 g/mol. The van der Waals surface area contributed by atoms with Gasteiger partial charge in [-0.1, -0.05) is 45.0 Å². The third-order valence-corrected chi connectivity index (χ3v) is 4.77. The SMILES string of the molecule is CCn1c2ccccc2c2cc(C(N(C)C)C(C)(C)C)ccc21. The van der Waals surface area contributed by atoms with Crippen molar-refractivity contribution in [2.75, 3.05) is 14.1 Å². The summed E-state index contributed by atoms with van der Waals surface area (Å²) in [5.41, 5.74) is 4.26. The Hall–Kier alpha value is -1.80. The molecule has 3 rings (SSSR count). The average molecular weight is 308 g/mol. The minimum atomic E-state index is 0.195. The summed E-state index contributed by atoms with van der Waals surface area (Å²) in [5.74, 6) is 0. The van der Waals surface area contributed by atoms with Crippen LogP contribution < -0.4 is 0 Å². The first-order valence-corrected chi connectivity index (χ1v) is 8.52. The van der Waals surface area contributed by atoms with E-state index in [0.29, 0.717) is 6.04 Å². The molecule has 1 aromatic heterocycles. The van der Waals surface area contributed by atoms with Gasteiger partial charge in [-0.3, -0.25) is 0 Å². The number of benzene rings is 2. The van der Waals surface area contributed by atoms with E-state index in [0.717, 1.165) is 6.54 Å². The summed E-state index contributed by atoms with van der Waals surface area (Å²) >= 11 is 0. The molecule has 0 spiro atoms. The molecule has 3 aromatic rings. The Labute approximate surface area is 139 Å². The second kappa shape index (κ2) is 5.68. The third-order valence-electron chi connectivity index (χ3n) is 4.77. The zero-order valence-corrected chi connectivity index (χ0v) is 15.2. The third kappa shape index (κ3) is 2.66. The van der Waals surface area contributed by atoms with Gasteiger partial charge in [0.05, 0.1) is 0 Å². The molecule has 0 N–H and O–H groups in total. The molecule has 2 aromatic carbocycles. The van der Waals surface area contributed by atoms with E-state index in [9.17, 15) is 0 Å². The van der Waals surface area contributed by atoms with Crippen LogP contribution in [0.2, 0.25) is 0 Å². The van der Waals surface area contributed by atoms with Crippen LogP contribution in [0.5, 0.6) is 0 Å². The minimum absolute atomic E-state index is 0.195. The highest BCUT2D eigenvalue weighted by molar-refractivity contribution is 6.08. The topological polar surface area (TPSA) is 8.17 Å². The zero-order chi connectivity index (χ0) is 16.8. The van der Waals surface area contributed by atoms with Crippen LogP contribution in [0.3, 0.4) is 0 Å². The number of para-hydroxylation sites is 1. The maximum atomic E-state index is 2.41. The molecule has 122 valence electrons. The summed E-state index contributed by atoms with van der Waals surface area (Å²) in [6.45, 7) is 10.2. The Morgan fingerprint density at radius 2 is 1.61 bits per heavy atom. The van der Waals surface area contributed by atoms with Crippen molar-refractivity contribution < 1.29 is 0 Å². The van der Waals surface area contributed by atoms with Crippen LogP contribution in [0.4, 0.5) is 0 Å². The molecule has 1 heterocycles. The smallest absolute Gasteiger partial charge is 0.0491 e. The molecule has 0 saturated carbocycles. The van der Waals surface area contributed by atoms with E-state index < -0.39 is 0 Å². The lowest BCUT2D eigenvalue weighted by molar-refractivity contribution is 0.154. The molecule has 23 heavy (non-hydrogen) atoms. The zero-order valence-electron chi connectivity index (χ0n) is 15.2. The lowest BCUT2D eigenvalue weighted by Gasteiger charge is -2.36. The van der Waals surface area contributed by atoms with Crippen molar-refractivity contribution in [3.05, 3.63) is 48.0 Å². The van der Waals surface area contributed by atoms with Crippen molar-refractivity contribution in [1.29, 1.82) is 0 Å². The lowest BCUT2D eigenvalue weighted by Crippen LogP contribution is -2.31. The molecule has 2 heteroatoms. The van der Waals surface area contributed by atoms with Crippen molar-refractivity contribution in [3.8, 4) is 0 Å². The molecule has 0 fully saturated rings. The highest BCUT2D eigenvalue weighted by Gasteiger charge is 2.28. The van der Waals surface area contributed by atoms with Crippen molar-refractivity contribution in [3.63, 3.8) is 0 Å². The van der Waals surface area contributed by atoms with Crippen molar-refractivity contribution in [2.45, 2.75) is 40.3 Å². The predicted octanol–water partition coefficient (Wildman–Crippen LogP) is 5.46. The lowest BCUT2D eigenvalue weighted by atomic mass is 9.81. The standard InChI is InChI=1S/C21H28N2/c1-7-23-18-11-9-8-10-16(18)17-14-15(12-13-19(17)23)20(22(5)6)21(2,3)4/h8-14,20H,7H2,1-6H3. The number of hydrogen-bond acceptors (Lipinski definition) is 1. The average Bonchev–Trinajstić information content (AvgIpc) is 2.79. The largest absolute Gasteiger partial charge is 0.341 e. The van der Waals surface area contributed by atoms with Gasteiger partial charge in [0, 0.05) is 34.4 Å². The van der Waals surface area contributed by atoms with Gasteiger partial charge in [-0.15, -0.1) is 0 Å². The van der Waals surface area contributed by atoms with E-state index in [1.54, 1.807) is 0 Å². The first-order chi connectivity index (χ1) is 10.8. The second-order valence-electron chi connectivity index (χ2n) is 7.77. The molecular formula is C21H28N2. The molecule has 1 atom stereocenters. The highest BCUT2D eigenvalue weighted by atomic mass is 15.1. The first-order valence-electron chi connectivity index (χ1n) is 8.52. The second-order valence-corrected chi connectivity index (χ2v) is 7.77. The van der Waals surface area contributed by atoms with Crippen LogP contribution in [0.15, 0.2) is 42.5 Å². The number of aromatic nitrogens is 1. The maximum Gasteiger partial charge on any atom is 0.0491 e. The van der Waals surface area contributed by atoms with Gasteiger partial charge in [0.2, 0.25) is 0 Å². The fraction of sp³-hybridized carbons (Fsp3) is 0.429. The van der Waals surface area contributed by atoms with Gasteiger partial charge in [-0.2, -0.15) is 0 Å². The summed E-state index contributed by atoms with van der Waals surface area (Å²) in [7, 11) is 4.35. The van der Waals surface area contributed by atoms with Crippen molar-refractivity contribution >= 4 is 21.8 Å². The van der Waals surface area contributed by atoms with Gasteiger partial charge < -0.3 is 9.47 Å². The number of aryl methyl sites for hydroxylation is 1. The highest BCUT2D eigenvalue weighted by Crippen LogP contribution is 2.39. The van der Waals surface area contributed by atoms with Gasteiger partial charge >= 0.3 is 0 Å². The number of hydrogen-bond donors (Lipinski definition) is 0. The van der Waals surface area contributed by atoms with Crippen LogP contribution in [0.25, 0.3) is 21.8 Å². The summed E-state index contributed by atoms with van der Waals surface area (Å²) in [5, 5.41) is 2.73. The maximum absolute atomic E-state index is 2.41. The first kappa shape index (κ1) is 16.1. The quantitative estimate of drug-likeness (QED) is 0.623. The molecule has 0 amide bonds. The van der Waals surface area contributed by atoms with E-state index in [4.69, 9.17) is 0 Å². The molecule has 0 radical (unpaired) electrons. The molecule has 0 saturated heterocycles. The predicted molar refractivity (Wildman–Crippen MR) is 101 cm³/mol. The summed E-state index contributed by atoms with van der Waals surface area (Å²) in [6.07, 6.45) is 0. The Bertz CT molecular complexity index is 834. The number of nitrogens with zero attached hydrogens (tertiary/aromatic N) is 2. The van der Waals surface area contributed by atoms with E-state index >= 15 is 0 Å². The fourth-order valence-corrected chi connectivity index (χ4v) is 4.15. The summed E-state index contributed by atoms with van der Waals surface area (Å²) < 4.78 is 2.41. The Balaban J connectivity index is 2.29. The molecule has 2 nitrogen and oxygen atoms in total. The van der Waals surface area contributed by atoms with E-state index in [2.05, 4.69) is 93.7 Å². The summed E-state index contributed by atoms with van der Waals surface area (Å²) in [6, 6.07) is 16.2. The van der Waals surface area contributed by atoms with Crippen LogP contribution in [0.1, 0.15) is 39.3 Å². The Morgan fingerprint density at radius 1 is 0.957 bits per heavy atom. The van der Waals surface area contributed by atoms with Crippen LogP contribution in [-0.2, 0) is 6.54 Å². The van der Waals surface area contributed by atoms with E-state index in [1.165, 1.54) is 27.4 Å². The van der Waals surface area contributed by atoms with Crippen LogP contribution in [-0.4, -0.2) is 23.6 Å². The van der Waals surface area contributed by atoms with E-state index in [1.807, 2.05) is 0 Å². The molecule has 0 aliphatic heterocycles. The van der Waals surface area contributed by atoms with Gasteiger partial charge in [-0.05, 0) is 50.2 Å². The monoisotopic (exact) mass is 308 g/mol. The molecule has 0 aliphatic carbocycles. The van der Waals surface area contributed by atoms with Gasteiger partial charge in [-0.25, -0.2) is 0 Å². The number of fused-ring (bicyclic) bond motifs is 3. The van der Waals surface area contributed by atoms with Crippen molar-refractivity contribution in [1.82, 2.24) is 9.47 Å². The minimum Gasteiger partial charge on any atom is -0.341 e. The van der Waals surface area contributed by atoms with Crippen LogP contribution >= 0.6 is 0 Å². The van der Waals surface area contributed by atoms with Gasteiger partial charge in [0.1, 0.15) is 0 Å². The normalized spacial score (nSPS) is 14.0. The van der Waals surface area contributed by atoms with Crippen molar-refractivity contribution in [2.24, 2.45) is 5.41 Å². The molecule has 0 aliphatic rings.